The SMILES string of the molecule is C[C@]12CCC(C=O)CC1CC[C@@H]1[C@@H]2CC[C@]2(C)C(n3cnc4ccccc43)CC[C@@H]12. The number of hydrogen-bond donors (Lipinski definition) is 0. The van der Waals surface area contributed by atoms with Gasteiger partial charge in [0.25, 0.3) is 0 Å². The summed E-state index contributed by atoms with van der Waals surface area (Å²) in [6, 6.07) is 9.25. The second-order valence-corrected chi connectivity index (χ2v) is 11.6. The molecule has 3 unspecified atom stereocenters. The first-order valence-corrected chi connectivity index (χ1v) is 12.4. The third kappa shape index (κ3) is 2.50. The Morgan fingerprint density at radius 1 is 0.967 bits per heavy atom. The molecule has 2 aromatic rings. The minimum absolute atomic E-state index is 0.332. The Hall–Kier alpha value is -1.64. The molecule has 160 valence electrons. The van der Waals surface area contributed by atoms with Crippen LogP contribution < -0.4 is 0 Å². The molecular weight excluding hydrogens is 368 g/mol. The number of rotatable bonds is 2. The number of benzene rings is 1. The number of aldehydes is 1. The van der Waals surface area contributed by atoms with Gasteiger partial charge in [0.15, 0.2) is 0 Å². The fourth-order valence-electron chi connectivity index (χ4n) is 9.07. The summed E-state index contributed by atoms with van der Waals surface area (Å²) >= 11 is 0. The average Bonchev–Trinajstić information content (AvgIpc) is 3.33. The molecule has 0 bridgehead atoms. The molecule has 0 spiro atoms. The van der Waals surface area contributed by atoms with Crippen LogP contribution in [0.3, 0.4) is 0 Å². The van der Waals surface area contributed by atoms with Gasteiger partial charge in [0, 0.05) is 12.0 Å². The molecule has 30 heavy (non-hydrogen) atoms. The highest BCUT2D eigenvalue weighted by Crippen LogP contribution is 2.68. The van der Waals surface area contributed by atoms with E-state index in [4.69, 9.17) is 4.98 Å². The van der Waals surface area contributed by atoms with Gasteiger partial charge in [-0.2, -0.15) is 0 Å². The Labute approximate surface area is 180 Å². The van der Waals surface area contributed by atoms with Gasteiger partial charge >= 0.3 is 0 Å². The summed E-state index contributed by atoms with van der Waals surface area (Å²) in [6.45, 7) is 5.21. The molecule has 1 heterocycles. The summed E-state index contributed by atoms with van der Waals surface area (Å²) in [6.07, 6.45) is 15.1. The first-order chi connectivity index (χ1) is 14.5. The van der Waals surface area contributed by atoms with Crippen molar-refractivity contribution in [3.63, 3.8) is 0 Å². The van der Waals surface area contributed by atoms with Crippen LogP contribution in [0.2, 0.25) is 0 Å². The molecule has 0 saturated heterocycles. The molecule has 0 N–H and O–H groups in total. The normalized spacial score (nSPS) is 45.5. The standard InChI is InChI=1S/C27H36N2O/c1-26-13-11-18(16-30)15-19(26)7-8-20-21-9-10-25(27(21,2)14-12-22(20)26)29-17-28-23-5-3-4-6-24(23)29/h3-6,16-22,25H,7-15H2,1-2H3/t18?,19?,20-,21-,22-,25?,26-,27-/m0/s1. The van der Waals surface area contributed by atoms with Crippen LogP contribution in [-0.4, -0.2) is 15.8 Å². The van der Waals surface area contributed by atoms with Crippen LogP contribution in [-0.2, 0) is 4.79 Å². The zero-order valence-electron chi connectivity index (χ0n) is 18.6. The zero-order valence-corrected chi connectivity index (χ0v) is 18.6. The molecule has 1 aromatic heterocycles. The molecule has 4 saturated carbocycles. The van der Waals surface area contributed by atoms with E-state index in [1.54, 1.807) is 0 Å². The Balaban J connectivity index is 1.31. The number of para-hydroxylation sites is 2. The fourth-order valence-corrected chi connectivity index (χ4v) is 9.07. The number of carbonyl (C=O) groups excluding carboxylic acids is 1. The van der Waals surface area contributed by atoms with Crippen molar-refractivity contribution in [2.75, 3.05) is 0 Å². The molecule has 1 aromatic carbocycles. The van der Waals surface area contributed by atoms with Crippen LogP contribution in [0.5, 0.6) is 0 Å². The highest BCUT2D eigenvalue weighted by molar-refractivity contribution is 5.75. The van der Waals surface area contributed by atoms with E-state index in [-0.39, 0.29) is 0 Å². The van der Waals surface area contributed by atoms with E-state index in [1.807, 2.05) is 0 Å². The van der Waals surface area contributed by atoms with Gasteiger partial charge in [-0.3, -0.25) is 0 Å². The number of aromatic nitrogens is 2. The van der Waals surface area contributed by atoms with Gasteiger partial charge in [0.2, 0.25) is 0 Å². The van der Waals surface area contributed by atoms with E-state index < -0.39 is 0 Å². The fraction of sp³-hybridized carbons (Fsp3) is 0.704. The quantitative estimate of drug-likeness (QED) is 0.540. The Morgan fingerprint density at radius 3 is 2.63 bits per heavy atom. The van der Waals surface area contributed by atoms with Gasteiger partial charge in [-0.1, -0.05) is 26.0 Å². The summed E-state index contributed by atoms with van der Waals surface area (Å²) in [7, 11) is 0. The second kappa shape index (κ2) is 6.68. The van der Waals surface area contributed by atoms with Gasteiger partial charge in [0.1, 0.15) is 6.29 Å². The highest BCUT2D eigenvalue weighted by Gasteiger charge is 2.60. The van der Waals surface area contributed by atoms with Crippen LogP contribution >= 0.6 is 0 Å². The number of hydrogen-bond acceptors (Lipinski definition) is 2. The lowest BCUT2D eigenvalue weighted by atomic mass is 9.44. The van der Waals surface area contributed by atoms with E-state index in [9.17, 15) is 4.79 Å². The zero-order chi connectivity index (χ0) is 20.5. The van der Waals surface area contributed by atoms with E-state index in [0.29, 0.717) is 22.8 Å². The second-order valence-electron chi connectivity index (χ2n) is 11.6. The lowest BCUT2D eigenvalue weighted by molar-refractivity contribution is -0.127. The monoisotopic (exact) mass is 404 g/mol. The lowest BCUT2D eigenvalue weighted by Crippen LogP contribution is -2.53. The summed E-state index contributed by atoms with van der Waals surface area (Å²) in [4.78, 5) is 16.2. The van der Waals surface area contributed by atoms with Crippen molar-refractivity contribution in [3.8, 4) is 0 Å². The average molecular weight is 405 g/mol. The number of imidazole rings is 1. The van der Waals surface area contributed by atoms with Crippen molar-refractivity contribution in [1.29, 1.82) is 0 Å². The van der Waals surface area contributed by atoms with E-state index in [0.717, 1.165) is 42.0 Å². The summed E-state index contributed by atoms with van der Waals surface area (Å²) < 4.78 is 2.53. The first-order valence-electron chi connectivity index (χ1n) is 12.4. The van der Waals surface area contributed by atoms with Gasteiger partial charge < -0.3 is 9.36 Å². The molecule has 8 atom stereocenters. The van der Waals surface area contributed by atoms with E-state index in [2.05, 4.69) is 49.0 Å². The number of nitrogens with zero attached hydrogens (tertiary/aromatic N) is 2. The van der Waals surface area contributed by atoms with Gasteiger partial charge in [-0.15, -0.1) is 0 Å². The van der Waals surface area contributed by atoms with Crippen molar-refractivity contribution < 1.29 is 4.79 Å². The molecular formula is C27H36N2O. The number of fused-ring (bicyclic) bond motifs is 6. The Morgan fingerprint density at radius 2 is 1.77 bits per heavy atom. The van der Waals surface area contributed by atoms with Crippen LogP contribution in [0.25, 0.3) is 11.0 Å². The topological polar surface area (TPSA) is 34.9 Å². The third-order valence-corrected chi connectivity index (χ3v) is 10.7. The first kappa shape index (κ1) is 19.1. The minimum Gasteiger partial charge on any atom is -0.327 e. The Kier molecular flexibility index (Phi) is 4.25. The predicted octanol–water partition coefficient (Wildman–Crippen LogP) is 6.44. The lowest BCUT2D eigenvalue weighted by Gasteiger charge is -2.61. The van der Waals surface area contributed by atoms with E-state index in [1.165, 1.54) is 56.7 Å². The molecule has 3 nitrogen and oxygen atoms in total. The van der Waals surface area contributed by atoms with E-state index >= 15 is 0 Å². The van der Waals surface area contributed by atoms with Crippen molar-refractivity contribution in [1.82, 2.24) is 9.55 Å². The molecule has 4 aliphatic rings. The molecule has 4 aliphatic carbocycles. The van der Waals surface area contributed by atoms with Gasteiger partial charge in [0.05, 0.1) is 17.4 Å². The largest absolute Gasteiger partial charge is 0.327 e. The van der Waals surface area contributed by atoms with Crippen molar-refractivity contribution in [2.24, 2.45) is 40.4 Å². The molecule has 6 rings (SSSR count). The van der Waals surface area contributed by atoms with Gasteiger partial charge in [-0.05, 0) is 104 Å². The van der Waals surface area contributed by atoms with Crippen LogP contribution in [0.4, 0.5) is 0 Å². The molecule has 0 aliphatic heterocycles. The van der Waals surface area contributed by atoms with Crippen molar-refractivity contribution in [2.45, 2.75) is 77.7 Å². The highest BCUT2D eigenvalue weighted by atomic mass is 16.1. The summed E-state index contributed by atoms with van der Waals surface area (Å²) in [5, 5.41) is 0. The third-order valence-electron chi connectivity index (χ3n) is 10.7. The summed E-state index contributed by atoms with van der Waals surface area (Å²) in [5.41, 5.74) is 3.32. The van der Waals surface area contributed by atoms with Crippen LogP contribution in [0, 0.1) is 40.4 Å². The van der Waals surface area contributed by atoms with Crippen LogP contribution in [0.1, 0.15) is 77.7 Å². The molecule has 4 fully saturated rings. The maximum atomic E-state index is 11.4. The maximum absolute atomic E-state index is 11.4. The molecule has 3 heteroatoms. The predicted molar refractivity (Wildman–Crippen MR) is 120 cm³/mol. The minimum atomic E-state index is 0.332. The molecule has 0 amide bonds. The molecule has 0 radical (unpaired) electrons. The van der Waals surface area contributed by atoms with Crippen molar-refractivity contribution >= 4 is 17.3 Å². The van der Waals surface area contributed by atoms with Crippen molar-refractivity contribution in [3.05, 3.63) is 30.6 Å². The number of carbonyl (C=O) groups is 1. The summed E-state index contributed by atoms with van der Waals surface area (Å²) in [5.74, 6) is 3.72. The van der Waals surface area contributed by atoms with Gasteiger partial charge in [-0.25, -0.2) is 4.98 Å². The maximum Gasteiger partial charge on any atom is 0.123 e. The Bertz CT molecular complexity index is 965. The van der Waals surface area contributed by atoms with Crippen LogP contribution in [0.15, 0.2) is 30.6 Å². The smallest absolute Gasteiger partial charge is 0.123 e.